The third-order valence-electron chi connectivity index (χ3n) is 3.41. The molecule has 1 aromatic heterocycles. The summed E-state index contributed by atoms with van der Waals surface area (Å²) in [6.45, 7) is 5.68. The fraction of sp³-hybridized carbons (Fsp3) is 0.643. The van der Waals surface area contributed by atoms with E-state index in [9.17, 15) is 4.79 Å². The van der Waals surface area contributed by atoms with Crippen LogP contribution in [0, 0.1) is 0 Å². The summed E-state index contributed by atoms with van der Waals surface area (Å²) in [6, 6.07) is 0.204. The van der Waals surface area contributed by atoms with Crippen LogP contribution in [0.25, 0.3) is 0 Å². The van der Waals surface area contributed by atoms with Crippen LogP contribution in [0.4, 0.5) is 4.79 Å². The van der Waals surface area contributed by atoms with Crippen LogP contribution in [0.2, 0.25) is 0 Å². The van der Waals surface area contributed by atoms with Crippen LogP contribution < -0.4 is 0 Å². The van der Waals surface area contributed by atoms with E-state index in [1.807, 2.05) is 27.8 Å². The molecule has 1 heterocycles. The number of thiophene rings is 1. The lowest BCUT2D eigenvalue weighted by molar-refractivity contribution is 0.0210. The molecule has 1 aromatic rings. The summed E-state index contributed by atoms with van der Waals surface area (Å²) in [5.74, 6) is 0. The molecule has 0 bridgehead atoms. The van der Waals surface area contributed by atoms with E-state index in [0.717, 1.165) is 19.3 Å². The molecule has 112 valence electrons. The second kappa shape index (κ2) is 5.97. The van der Waals surface area contributed by atoms with Gasteiger partial charge in [0.1, 0.15) is 5.60 Å². The minimum atomic E-state index is -0.447. The van der Waals surface area contributed by atoms with Crippen molar-refractivity contribution < 1.29 is 9.53 Å². The highest BCUT2D eigenvalue weighted by atomic mass is 79.9. The van der Waals surface area contributed by atoms with Crippen LogP contribution in [0.1, 0.15) is 38.3 Å². The maximum absolute atomic E-state index is 12.1. The van der Waals surface area contributed by atoms with E-state index in [0.29, 0.717) is 0 Å². The number of fused-ring (bicyclic) bond motifs is 1. The quantitative estimate of drug-likeness (QED) is 0.634. The number of nitrogens with zero attached hydrogens (tertiary/aromatic N) is 1. The highest BCUT2D eigenvalue weighted by Crippen LogP contribution is 2.41. The molecule has 0 radical (unpaired) electrons. The molecule has 0 saturated heterocycles. The first kappa shape index (κ1) is 16.3. The van der Waals surface area contributed by atoms with Crippen molar-refractivity contribution in [2.45, 2.75) is 51.7 Å². The first-order valence-corrected chi connectivity index (χ1v) is 9.00. The summed E-state index contributed by atoms with van der Waals surface area (Å²) in [4.78, 5) is 13.9. The Morgan fingerprint density at radius 1 is 1.30 bits per heavy atom. The van der Waals surface area contributed by atoms with Gasteiger partial charge in [0.15, 0.2) is 0 Å². The summed E-state index contributed by atoms with van der Waals surface area (Å²) >= 11 is 8.95. The van der Waals surface area contributed by atoms with Gasteiger partial charge in [-0.25, -0.2) is 4.79 Å². The lowest BCUT2D eigenvalue weighted by Gasteiger charge is -2.33. The summed E-state index contributed by atoms with van der Waals surface area (Å²) in [5.41, 5.74) is 2.27. The molecule has 0 aliphatic heterocycles. The Hall–Kier alpha value is -0.0700. The van der Waals surface area contributed by atoms with E-state index in [1.165, 1.54) is 18.7 Å². The number of hydrogen-bond donors (Lipinski definition) is 0. The Morgan fingerprint density at radius 2 is 1.90 bits per heavy atom. The van der Waals surface area contributed by atoms with Crippen molar-refractivity contribution in [3.8, 4) is 0 Å². The van der Waals surface area contributed by atoms with E-state index in [1.54, 1.807) is 16.2 Å². The third kappa shape index (κ3) is 3.57. The summed E-state index contributed by atoms with van der Waals surface area (Å²) < 4.78 is 7.82. The average Bonchev–Trinajstić information content (AvgIpc) is 2.61. The molecule has 1 unspecified atom stereocenters. The van der Waals surface area contributed by atoms with Crippen molar-refractivity contribution in [1.82, 2.24) is 4.90 Å². The number of hydrogen-bond acceptors (Lipinski definition) is 3. The van der Waals surface area contributed by atoms with Crippen LogP contribution in [0.15, 0.2) is 7.57 Å². The van der Waals surface area contributed by atoms with Gasteiger partial charge in [-0.3, -0.25) is 0 Å². The van der Waals surface area contributed by atoms with E-state index in [4.69, 9.17) is 4.74 Å². The first-order chi connectivity index (χ1) is 9.19. The number of likely N-dealkylation sites (N-methyl/N-ethyl adjacent to an activating group) is 1. The van der Waals surface area contributed by atoms with Crippen LogP contribution >= 0.6 is 43.2 Å². The Labute approximate surface area is 140 Å². The summed E-state index contributed by atoms with van der Waals surface area (Å²) in [5, 5.41) is 0. The molecule has 0 saturated carbocycles. The van der Waals surface area contributed by atoms with E-state index < -0.39 is 5.60 Å². The number of halogens is 2. The zero-order valence-electron chi connectivity index (χ0n) is 12.1. The molecular weight excluding hydrogens is 406 g/mol. The van der Waals surface area contributed by atoms with Gasteiger partial charge in [0.2, 0.25) is 0 Å². The largest absolute Gasteiger partial charge is 0.444 e. The standard InChI is InChI=1S/C14H19Br2NO2S/c1-14(2,3)19-13(18)17(4)8-5-6-9-10(7-8)12(16)20-11(9)15/h8H,5-7H2,1-4H3. The minimum Gasteiger partial charge on any atom is -0.444 e. The molecule has 20 heavy (non-hydrogen) atoms. The molecule has 6 heteroatoms. The zero-order valence-corrected chi connectivity index (χ0v) is 16.1. The van der Waals surface area contributed by atoms with Crippen molar-refractivity contribution in [3.05, 3.63) is 18.7 Å². The predicted octanol–water partition coefficient (Wildman–Crippen LogP) is 5.00. The molecule has 1 aliphatic carbocycles. The van der Waals surface area contributed by atoms with Crippen molar-refractivity contribution >= 4 is 49.3 Å². The Kier molecular flexibility index (Phi) is 4.87. The molecule has 0 aromatic carbocycles. The molecule has 0 fully saturated rings. The SMILES string of the molecule is CN(C(=O)OC(C)(C)C)C1CCc2c(Br)sc(Br)c2C1. The monoisotopic (exact) mass is 423 g/mol. The summed E-state index contributed by atoms with van der Waals surface area (Å²) in [7, 11) is 1.83. The number of amides is 1. The fourth-order valence-corrected chi connectivity index (χ4v) is 5.65. The van der Waals surface area contributed by atoms with Crippen molar-refractivity contribution in [3.63, 3.8) is 0 Å². The predicted molar refractivity (Wildman–Crippen MR) is 89.5 cm³/mol. The number of rotatable bonds is 1. The lowest BCUT2D eigenvalue weighted by atomic mass is 9.91. The molecule has 1 aliphatic rings. The van der Waals surface area contributed by atoms with Crippen LogP contribution in [-0.4, -0.2) is 29.7 Å². The van der Waals surface area contributed by atoms with Crippen molar-refractivity contribution in [2.75, 3.05) is 7.05 Å². The Morgan fingerprint density at radius 3 is 2.50 bits per heavy atom. The van der Waals surface area contributed by atoms with E-state index >= 15 is 0 Å². The lowest BCUT2D eigenvalue weighted by Crippen LogP contribution is -2.43. The maximum atomic E-state index is 12.1. The van der Waals surface area contributed by atoms with E-state index in [-0.39, 0.29) is 12.1 Å². The molecule has 0 spiro atoms. The zero-order chi connectivity index (χ0) is 15.1. The van der Waals surface area contributed by atoms with E-state index in [2.05, 4.69) is 31.9 Å². The highest BCUT2D eigenvalue weighted by molar-refractivity contribution is 9.12. The number of carbonyl (C=O) groups is 1. The normalized spacial score (nSPS) is 18.6. The number of ether oxygens (including phenoxy) is 1. The van der Waals surface area contributed by atoms with Gasteiger partial charge in [-0.2, -0.15) is 0 Å². The van der Waals surface area contributed by atoms with Crippen LogP contribution in [0.3, 0.4) is 0 Å². The molecular formula is C14H19Br2NO2S. The van der Waals surface area contributed by atoms with Gasteiger partial charge in [-0.15, -0.1) is 11.3 Å². The molecule has 1 atom stereocenters. The Balaban J connectivity index is 2.09. The van der Waals surface area contributed by atoms with Crippen molar-refractivity contribution in [1.29, 1.82) is 0 Å². The molecule has 0 N–H and O–H groups in total. The van der Waals surface area contributed by atoms with Crippen LogP contribution in [0.5, 0.6) is 0 Å². The smallest absolute Gasteiger partial charge is 0.410 e. The second-order valence-electron chi connectivity index (χ2n) is 6.09. The maximum Gasteiger partial charge on any atom is 0.410 e. The summed E-state index contributed by atoms with van der Waals surface area (Å²) in [6.07, 6.45) is 2.62. The number of carbonyl (C=O) groups excluding carboxylic acids is 1. The second-order valence-corrected chi connectivity index (χ2v) is 9.75. The van der Waals surface area contributed by atoms with Gasteiger partial charge in [-0.05, 0) is 83.0 Å². The first-order valence-electron chi connectivity index (χ1n) is 6.60. The van der Waals surface area contributed by atoms with Gasteiger partial charge >= 0.3 is 6.09 Å². The van der Waals surface area contributed by atoms with Crippen LogP contribution in [-0.2, 0) is 17.6 Å². The van der Waals surface area contributed by atoms with Gasteiger partial charge in [0.05, 0.1) is 7.57 Å². The van der Waals surface area contributed by atoms with Gasteiger partial charge in [0.25, 0.3) is 0 Å². The molecule has 1 amide bonds. The minimum absolute atomic E-state index is 0.204. The molecule has 2 rings (SSSR count). The van der Waals surface area contributed by atoms with Gasteiger partial charge < -0.3 is 9.64 Å². The average molecular weight is 425 g/mol. The van der Waals surface area contributed by atoms with Crippen molar-refractivity contribution in [2.24, 2.45) is 0 Å². The molecule has 3 nitrogen and oxygen atoms in total. The highest BCUT2D eigenvalue weighted by Gasteiger charge is 2.31. The van der Waals surface area contributed by atoms with Gasteiger partial charge in [-0.1, -0.05) is 0 Å². The Bertz CT molecular complexity index is 522. The topological polar surface area (TPSA) is 29.5 Å². The fourth-order valence-electron chi connectivity index (χ4n) is 2.35. The van der Waals surface area contributed by atoms with Gasteiger partial charge in [0, 0.05) is 13.1 Å². The third-order valence-corrected chi connectivity index (χ3v) is 6.19.